The molecule has 0 radical (unpaired) electrons. The van der Waals surface area contributed by atoms with E-state index in [0.717, 1.165) is 6.07 Å². The lowest BCUT2D eigenvalue weighted by Crippen LogP contribution is -2.61. The number of rotatable bonds is 3. The molecule has 1 aromatic rings. The standard InChI is InChI=1S/C12H10F3N3O3/c13-12(14,15)9-5-8(1-2-10(9)18(20)21)17-6-11(19,7-17)3-4-16/h1-2,5,19H,3,6-7H2. The van der Waals surface area contributed by atoms with Crippen molar-refractivity contribution in [3.05, 3.63) is 33.9 Å². The number of nitro benzene ring substituents is 1. The summed E-state index contributed by atoms with van der Waals surface area (Å²) in [5, 5.41) is 29.0. The lowest BCUT2D eigenvalue weighted by Gasteiger charge is -2.46. The molecular formula is C12H10F3N3O3. The van der Waals surface area contributed by atoms with Gasteiger partial charge in [-0.1, -0.05) is 0 Å². The molecule has 0 amide bonds. The van der Waals surface area contributed by atoms with Crippen LogP contribution >= 0.6 is 0 Å². The number of aliphatic hydroxyl groups is 1. The predicted octanol–water partition coefficient (Wildman–Crippen LogP) is 2.08. The molecule has 6 nitrogen and oxygen atoms in total. The molecule has 0 atom stereocenters. The molecule has 0 unspecified atom stereocenters. The Balaban J connectivity index is 2.29. The van der Waals surface area contributed by atoms with Crippen molar-refractivity contribution in [1.82, 2.24) is 0 Å². The van der Waals surface area contributed by atoms with Crippen molar-refractivity contribution in [3.63, 3.8) is 0 Å². The van der Waals surface area contributed by atoms with Gasteiger partial charge in [-0.3, -0.25) is 10.1 Å². The van der Waals surface area contributed by atoms with Crippen LogP contribution in [0.4, 0.5) is 24.5 Å². The Bertz CT molecular complexity index is 618. The van der Waals surface area contributed by atoms with E-state index in [1.54, 1.807) is 6.07 Å². The molecule has 112 valence electrons. The second kappa shape index (κ2) is 4.89. The van der Waals surface area contributed by atoms with Crippen LogP contribution in [0, 0.1) is 21.4 Å². The van der Waals surface area contributed by atoms with Crippen molar-refractivity contribution < 1.29 is 23.2 Å². The smallest absolute Gasteiger partial charge is 0.385 e. The Morgan fingerprint density at radius 3 is 2.57 bits per heavy atom. The molecule has 2 rings (SSSR count). The molecule has 1 N–H and O–H groups in total. The van der Waals surface area contributed by atoms with Crippen molar-refractivity contribution >= 4 is 11.4 Å². The molecule has 1 fully saturated rings. The maximum atomic E-state index is 12.8. The second-order valence-corrected chi connectivity index (χ2v) is 4.87. The molecule has 1 aliphatic rings. The van der Waals surface area contributed by atoms with Crippen LogP contribution in [0.1, 0.15) is 12.0 Å². The quantitative estimate of drug-likeness (QED) is 0.682. The second-order valence-electron chi connectivity index (χ2n) is 4.87. The van der Waals surface area contributed by atoms with Crippen molar-refractivity contribution in [2.45, 2.75) is 18.2 Å². The van der Waals surface area contributed by atoms with Crippen molar-refractivity contribution in [2.24, 2.45) is 0 Å². The summed E-state index contributed by atoms with van der Waals surface area (Å²) in [6.45, 7) is 0.0192. The Labute approximate surface area is 117 Å². The molecule has 0 aliphatic carbocycles. The Morgan fingerprint density at radius 2 is 2.10 bits per heavy atom. The topological polar surface area (TPSA) is 90.4 Å². The van der Waals surface area contributed by atoms with Gasteiger partial charge in [0.25, 0.3) is 5.69 Å². The van der Waals surface area contributed by atoms with E-state index in [-0.39, 0.29) is 25.2 Å². The van der Waals surface area contributed by atoms with E-state index in [9.17, 15) is 28.4 Å². The third kappa shape index (κ3) is 2.90. The zero-order chi connectivity index (χ0) is 15.8. The van der Waals surface area contributed by atoms with Gasteiger partial charge in [0.15, 0.2) is 0 Å². The summed E-state index contributed by atoms with van der Waals surface area (Å²) in [6, 6.07) is 4.47. The number of halogens is 3. The normalized spacial score (nSPS) is 17.0. The van der Waals surface area contributed by atoms with Gasteiger partial charge in [0.05, 0.1) is 17.4 Å². The monoisotopic (exact) mass is 301 g/mol. The number of hydrogen-bond acceptors (Lipinski definition) is 5. The van der Waals surface area contributed by atoms with E-state index in [4.69, 9.17) is 5.26 Å². The van der Waals surface area contributed by atoms with Crippen LogP contribution in [-0.4, -0.2) is 28.7 Å². The van der Waals surface area contributed by atoms with E-state index in [1.807, 2.05) is 0 Å². The Hall–Kier alpha value is -2.34. The number of hydrogen-bond donors (Lipinski definition) is 1. The molecule has 1 saturated heterocycles. The highest BCUT2D eigenvalue weighted by molar-refractivity contribution is 5.58. The Kier molecular flexibility index (Phi) is 3.51. The lowest BCUT2D eigenvalue weighted by atomic mass is 9.90. The zero-order valence-electron chi connectivity index (χ0n) is 10.6. The summed E-state index contributed by atoms with van der Waals surface area (Å²) in [6.07, 6.45) is -4.96. The third-order valence-electron chi connectivity index (χ3n) is 3.23. The first-order valence-corrected chi connectivity index (χ1v) is 5.86. The summed E-state index contributed by atoms with van der Waals surface area (Å²) < 4.78 is 38.5. The Morgan fingerprint density at radius 1 is 1.48 bits per heavy atom. The number of anilines is 1. The molecule has 1 heterocycles. The van der Waals surface area contributed by atoms with Gasteiger partial charge in [-0.05, 0) is 12.1 Å². The number of nitriles is 1. The third-order valence-corrected chi connectivity index (χ3v) is 3.23. The van der Waals surface area contributed by atoms with E-state index in [0.29, 0.717) is 6.07 Å². The van der Waals surface area contributed by atoms with Crippen LogP contribution in [0.5, 0.6) is 0 Å². The van der Waals surface area contributed by atoms with Crippen molar-refractivity contribution in [2.75, 3.05) is 18.0 Å². The first-order valence-electron chi connectivity index (χ1n) is 5.86. The number of benzene rings is 1. The fourth-order valence-corrected chi connectivity index (χ4v) is 2.21. The SMILES string of the molecule is N#CCC1(O)CN(c2ccc([N+](=O)[O-])c(C(F)(F)F)c2)C1. The van der Waals surface area contributed by atoms with E-state index in [1.165, 1.54) is 11.0 Å². The summed E-state index contributed by atoms with van der Waals surface area (Å²) in [5.74, 6) is 0. The molecule has 1 aromatic carbocycles. The van der Waals surface area contributed by atoms with Gasteiger partial charge in [0.1, 0.15) is 11.2 Å². The molecule has 1 aliphatic heterocycles. The summed E-state index contributed by atoms with van der Waals surface area (Å²) in [4.78, 5) is 11.0. The molecular weight excluding hydrogens is 291 g/mol. The van der Waals surface area contributed by atoms with E-state index in [2.05, 4.69) is 0 Å². The number of β-amino-alcohol motifs (C(OH)–C–C–N with tert-alkyl or cyclic N) is 1. The highest BCUT2D eigenvalue weighted by atomic mass is 19.4. The minimum atomic E-state index is -4.84. The lowest BCUT2D eigenvalue weighted by molar-refractivity contribution is -0.388. The van der Waals surface area contributed by atoms with Crippen LogP contribution in [0.3, 0.4) is 0 Å². The van der Waals surface area contributed by atoms with Crippen molar-refractivity contribution in [1.29, 1.82) is 5.26 Å². The van der Waals surface area contributed by atoms with Crippen LogP contribution in [0.2, 0.25) is 0 Å². The average molecular weight is 301 g/mol. The molecule has 0 aromatic heterocycles. The predicted molar refractivity (Wildman–Crippen MR) is 65.5 cm³/mol. The average Bonchev–Trinajstić information content (AvgIpc) is 2.34. The molecule has 0 saturated carbocycles. The highest BCUT2D eigenvalue weighted by Gasteiger charge is 2.43. The van der Waals surface area contributed by atoms with Gasteiger partial charge in [-0.15, -0.1) is 0 Å². The van der Waals surface area contributed by atoms with E-state index >= 15 is 0 Å². The van der Waals surface area contributed by atoms with E-state index < -0.39 is 28.0 Å². The summed E-state index contributed by atoms with van der Waals surface area (Å²) in [5.41, 5.74) is -3.47. The highest BCUT2D eigenvalue weighted by Crippen LogP contribution is 2.40. The van der Waals surface area contributed by atoms with Crippen LogP contribution < -0.4 is 4.90 Å². The fraction of sp³-hybridized carbons (Fsp3) is 0.417. The molecule has 0 bridgehead atoms. The van der Waals surface area contributed by atoms with Gasteiger partial charge in [-0.25, -0.2) is 0 Å². The van der Waals surface area contributed by atoms with Gasteiger partial charge in [0, 0.05) is 24.8 Å². The van der Waals surface area contributed by atoms with Gasteiger partial charge in [-0.2, -0.15) is 18.4 Å². The molecule has 21 heavy (non-hydrogen) atoms. The fourth-order valence-electron chi connectivity index (χ4n) is 2.21. The largest absolute Gasteiger partial charge is 0.423 e. The summed E-state index contributed by atoms with van der Waals surface area (Å²) in [7, 11) is 0. The minimum absolute atomic E-state index is 0.00959. The van der Waals surface area contributed by atoms with Gasteiger partial charge < -0.3 is 10.0 Å². The number of nitrogens with zero attached hydrogens (tertiary/aromatic N) is 3. The first-order chi connectivity index (χ1) is 9.66. The minimum Gasteiger partial charge on any atom is -0.385 e. The maximum absolute atomic E-state index is 12.8. The first kappa shape index (κ1) is 15.1. The van der Waals surface area contributed by atoms with Gasteiger partial charge in [0.2, 0.25) is 0 Å². The molecule has 9 heteroatoms. The summed E-state index contributed by atoms with van der Waals surface area (Å²) >= 11 is 0. The van der Waals surface area contributed by atoms with Crippen molar-refractivity contribution in [3.8, 4) is 6.07 Å². The number of nitro groups is 1. The van der Waals surface area contributed by atoms with Gasteiger partial charge >= 0.3 is 6.18 Å². The molecule has 0 spiro atoms. The number of alkyl halides is 3. The maximum Gasteiger partial charge on any atom is 0.423 e. The van der Waals surface area contributed by atoms with Crippen LogP contribution in [0.25, 0.3) is 0 Å². The zero-order valence-corrected chi connectivity index (χ0v) is 10.6. The van der Waals surface area contributed by atoms with Crippen LogP contribution in [-0.2, 0) is 6.18 Å². The van der Waals surface area contributed by atoms with Crippen LogP contribution in [0.15, 0.2) is 18.2 Å².